The van der Waals surface area contributed by atoms with Gasteiger partial charge < -0.3 is 19.1 Å². The second-order valence-electron chi connectivity index (χ2n) is 6.42. The van der Waals surface area contributed by atoms with E-state index in [2.05, 4.69) is 42.1 Å². The molecule has 0 amide bonds. The number of aryl methyl sites for hydroxylation is 1. The van der Waals surface area contributed by atoms with E-state index >= 15 is 0 Å². The van der Waals surface area contributed by atoms with Crippen LogP contribution in [-0.2, 0) is 11.2 Å². The lowest BCUT2D eigenvalue weighted by Gasteiger charge is -2.26. The molecule has 0 aromatic heterocycles. The zero-order chi connectivity index (χ0) is 17.2. The Morgan fingerprint density at radius 2 is 1.92 bits per heavy atom. The Morgan fingerprint density at radius 3 is 2.62 bits per heavy atom. The van der Waals surface area contributed by atoms with Gasteiger partial charge in [-0.15, -0.1) is 0 Å². The van der Waals surface area contributed by atoms with Gasteiger partial charge in [0.15, 0.2) is 11.5 Å². The van der Waals surface area contributed by atoms with Gasteiger partial charge in [-0.1, -0.05) is 6.07 Å². The summed E-state index contributed by atoms with van der Waals surface area (Å²) in [6.45, 7) is 9.01. The third kappa shape index (κ3) is 6.67. The van der Waals surface area contributed by atoms with Gasteiger partial charge in [-0.25, -0.2) is 0 Å². The first kappa shape index (κ1) is 19.0. The number of ether oxygens (including phenoxy) is 3. The van der Waals surface area contributed by atoms with E-state index in [0.717, 1.165) is 63.7 Å². The van der Waals surface area contributed by atoms with Crippen molar-refractivity contribution in [3.05, 3.63) is 23.8 Å². The van der Waals surface area contributed by atoms with E-state index < -0.39 is 0 Å². The van der Waals surface area contributed by atoms with Crippen LogP contribution >= 0.6 is 0 Å². The molecule has 1 aromatic rings. The van der Waals surface area contributed by atoms with Crippen molar-refractivity contribution in [2.24, 2.45) is 0 Å². The van der Waals surface area contributed by atoms with Crippen LogP contribution in [0, 0.1) is 0 Å². The van der Waals surface area contributed by atoms with Crippen molar-refractivity contribution in [3.8, 4) is 11.5 Å². The molecular weight excluding hydrogens is 304 g/mol. The van der Waals surface area contributed by atoms with Crippen LogP contribution in [-0.4, -0.2) is 76.5 Å². The van der Waals surface area contributed by atoms with Gasteiger partial charge in [0.05, 0.1) is 19.8 Å². The van der Waals surface area contributed by atoms with Crippen molar-refractivity contribution in [1.29, 1.82) is 0 Å². The quantitative estimate of drug-likeness (QED) is 0.655. The Bertz CT molecular complexity index is 474. The topological polar surface area (TPSA) is 34.2 Å². The average molecular weight is 336 g/mol. The van der Waals surface area contributed by atoms with E-state index in [9.17, 15) is 0 Å². The predicted molar refractivity (Wildman–Crippen MR) is 97.2 cm³/mol. The molecular formula is C19H32N2O3. The van der Waals surface area contributed by atoms with Gasteiger partial charge in [-0.2, -0.15) is 0 Å². The van der Waals surface area contributed by atoms with Crippen LogP contribution in [0.5, 0.6) is 11.5 Å². The summed E-state index contributed by atoms with van der Waals surface area (Å²) in [6.07, 6.45) is 2.21. The van der Waals surface area contributed by atoms with E-state index in [-0.39, 0.29) is 0 Å². The first-order valence-electron chi connectivity index (χ1n) is 9.02. The van der Waals surface area contributed by atoms with Gasteiger partial charge in [0, 0.05) is 19.6 Å². The normalized spacial score (nSPS) is 15.7. The molecule has 5 heteroatoms. The Morgan fingerprint density at radius 1 is 1.12 bits per heavy atom. The van der Waals surface area contributed by atoms with Crippen LogP contribution in [0.25, 0.3) is 0 Å². The minimum Gasteiger partial charge on any atom is -0.490 e. The number of morpholine rings is 1. The van der Waals surface area contributed by atoms with Crippen LogP contribution in [0.4, 0.5) is 0 Å². The Hall–Kier alpha value is -1.30. The maximum Gasteiger partial charge on any atom is 0.161 e. The molecule has 5 nitrogen and oxygen atoms in total. The largest absolute Gasteiger partial charge is 0.490 e. The summed E-state index contributed by atoms with van der Waals surface area (Å²) in [5, 5.41) is 0. The molecule has 1 heterocycles. The SMILES string of the molecule is CCOc1cc(CCCN(C)C)ccc1OCCN1CCOCC1. The number of benzene rings is 1. The fourth-order valence-corrected chi connectivity index (χ4v) is 2.80. The molecule has 0 spiro atoms. The molecule has 0 aliphatic carbocycles. The zero-order valence-corrected chi connectivity index (χ0v) is 15.4. The van der Waals surface area contributed by atoms with Gasteiger partial charge in [0.25, 0.3) is 0 Å². The summed E-state index contributed by atoms with van der Waals surface area (Å²) in [4.78, 5) is 4.59. The molecule has 0 radical (unpaired) electrons. The van der Waals surface area contributed by atoms with Gasteiger partial charge in [0.1, 0.15) is 6.61 Å². The van der Waals surface area contributed by atoms with Gasteiger partial charge in [0.2, 0.25) is 0 Å². The summed E-state index contributed by atoms with van der Waals surface area (Å²) >= 11 is 0. The highest BCUT2D eigenvalue weighted by atomic mass is 16.5. The van der Waals surface area contributed by atoms with Crippen molar-refractivity contribution in [3.63, 3.8) is 0 Å². The smallest absolute Gasteiger partial charge is 0.161 e. The third-order valence-corrected chi connectivity index (χ3v) is 4.15. The van der Waals surface area contributed by atoms with Crippen LogP contribution in [0.2, 0.25) is 0 Å². The summed E-state index contributed by atoms with van der Waals surface area (Å²) in [5.41, 5.74) is 1.31. The van der Waals surface area contributed by atoms with Gasteiger partial charge in [-0.3, -0.25) is 4.90 Å². The van der Waals surface area contributed by atoms with Crippen LogP contribution in [0.15, 0.2) is 18.2 Å². The predicted octanol–water partition coefficient (Wildman–Crippen LogP) is 2.29. The van der Waals surface area contributed by atoms with Crippen LogP contribution in [0.3, 0.4) is 0 Å². The maximum atomic E-state index is 5.97. The highest BCUT2D eigenvalue weighted by molar-refractivity contribution is 5.43. The molecule has 0 atom stereocenters. The zero-order valence-electron chi connectivity index (χ0n) is 15.4. The molecule has 0 N–H and O–H groups in total. The molecule has 1 aliphatic heterocycles. The van der Waals surface area contributed by atoms with E-state index in [4.69, 9.17) is 14.2 Å². The highest BCUT2D eigenvalue weighted by Gasteiger charge is 2.11. The van der Waals surface area contributed by atoms with Crippen molar-refractivity contribution in [1.82, 2.24) is 9.80 Å². The molecule has 1 aliphatic rings. The van der Waals surface area contributed by atoms with Crippen molar-refractivity contribution < 1.29 is 14.2 Å². The summed E-state index contributed by atoms with van der Waals surface area (Å²) < 4.78 is 17.1. The molecule has 1 aromatic carbocycles. The van der Waals surface area contributed by atoms with Gasteiger partial charge in [-0.05, 0) is 58.1 Å². The summed E-state index contributed by atoms with van der Waals surface area (Å²) in [7, 11) is 4.22. The molecule has 136 valence electrons. The lowest BCUT2D eigenvalue weighted by Crippen LogP contribution is -2.38. The molecule has 24 heavy (non-hydrogen) atoms. The summed E-state index contributed by atoms with van der Waals surface area (Å²) in [5.74, 6) is 1.71. The lowest BCUT2D eigenvalue weighted by atomic mass is 10.1. The average Bonchev–Trinajstić information content (AvgIpc) is 2.57. The number of rotatable bonds is 10. The van der Waals surface area contributed by atoms with Crippen LogP contribution in [0.1, 0.15) is 18.9 Å². The highest BCUT2D eigenvalue weighted by Crippen LogP contribution is 2.29. The minimum atomic E-state index is 0.654. The molecule has 2 rings (SSSR count). The van der Waals surface area contributed by atoms with Crippen molar-refractivity contribution in [2.75, 3.05) is 66.7 Å². The second kappa shape index (κ2) is 10.5. The van der Waals surface area contributed by atoms with E-state index in [1.54, 1.807) is 0 Å². The first-order valence-corrected chi connectivity index (χ1v) is 9.02. The Kier molecular flexibility index (Phi) is 8.36. The molecule has 0 unspecified atom stereocenters. The Labute approximate surface area is 146 Å². The lowest BCUT2D eigenvalue weighted by molar-refractivity contribution is 0.0321. The summed E-state index contributed by atoms with van der Waals surface area (Å²) in [6, 6.07) is 6.33. The minimum absolute atomic E-state index is 0.654. The van der Waals surface area contributed by atoms with Crippen molar-refractivity contribution >= 4 is 0 Å². The van der Waals surface area contributed by atoms with E-state index in [1.807, 2.05) is 6.92 Å². The number of nitrogens with zero attached hydrogens (tertiary/aromatic N) is 2. The van der Waals surface area contributed by atoms with E-state index in [0.29, 0.717) is 13.2 Å². The van der Waals surface area contributed by atoms with Gasteiger partial charge >= 0.3 is 0 Å². The number of hydrogen-bond donors (Lipinski definition) is 0. The molecule has 1 saturated heterocycles. The maximum absolute atomic E-state index is 5.97. The van der Waals surface area contributed by atoms with Crippen LogP contribution < -0.4 is 9.47 Å². The molecule has 1 fully saturated rings. The van der Waals surface area contributed by atoms with Crippen molar-refractivity contribution in [2.45, 2.75) is 19.8 Å². The Balaban J connectivity index is 1.85. The standard InChI is InChI=1S/C19H32N2O3/c1-4-23-19-16-17(6-5-9-20(2)3)7-8-18(19)24-15-12-21-10-13-22-14-11-21/h7-8,16H,4-6,9-15H2,1-3H3. The monoisotopic (exact) mass is 336 g/mol. The fraction of sp³-hybridized carbons (Fsp3) is 0.684. The number of hydrogen-bond acceptors (Lipinski definition) is 5. The van der Waals surface area contributed by atoms with E-state index in [1.165, 1.54) is 5.56 Å². The third-order valence-electron chi connectivity index (χ3n) is 4.15. The fourth-order valence-electron chi connectivity index (χ4n) is 2.80. The first-order chi connectivity index (χ1) is 11.7. The second-order valence-corrected chi connectivity index (χ2v) is 6.42. The molecule has 0 bridgehead atoms. The molecule has 0 saturated carbocycles.